The zero-order valence-electron chi connectivity index (χ0n) is 21.8. The predicted octanol–water partition coefficient (Wildman–Crippen LogP) is 5.36. The maximum Gasteiger partial charge on any atom is 0.338 e. The first kappa shape index (κ1) is 25.6. The molecule has 5 rings (SSSR count). The first-order valence-electron chi connectivity index (χ1n) is 12.5. The van der Waals surface area contributed by atoms with Crippen LogP contribution in [-0.4, -0.2) is 33.0 Å². The number of aromatic nitrogens is 2. The second-order valence-corrected chi connectivity index (χ2v) is 10.2. The van der Waals surface area contributed by atoms with E-state index >= 15 is 0 Å². The number of amides is 1. The number of nitrogens with one attached hydrogen (secondary N) is 1. The number of anilines is 1. The first-order chi connectivity index (χ1) is 18.7. The monoisotopic (exact) mass is 518 g/mol. The van der Waals surface area contributed by atoms with Crippen molar-refractivity contribution in [3.63, 3.8) is 0 Å². The lowest BCUT2D eigenvalue weighted by molar-refractivity contribution is -0.117. The van der Waals surface area contributed by atoms with Crippen molar-refractivity contribution < 1.29 is 19.1 Å². The smallest absolute Gasteiger partial charge is 0.338 e. The van der Waals surface area contributed by atoms with Crippen molar-refractivity contribution in [1.29, 1.82) is 5.26 Å². The van der Waals surface area contributed by atoms with Gasteiger partial charge in [-0.2, -0.15) is 10.4 Å². The van der Waals surface area contributed by atoms with Crippen LogP contribution in [0.3, 0.4) is 0 Å². The third-order valence-corrected chi connectivity index (χ3v) is 6.32. The summed E-state index contributed by atoms with van der Waals surface area (Å²) in [5.74, 6) is -3.51. The summed E-state index contributed by atoms with van der Waals surface area (Å²) in [6, 6.07) is 25.1. The molecule has 1 aliphatic carbocycles. The molecule has 1 N–H and O–H groups in total. The molecule has 0 spiro atoms. The van der Waals surface area contributed by atoms with E-state index in [-0.39, 0.29) is 12.1 Å². The molecule has 1 aliphatic rings. The molecule has 0 saturated heterocycles. The Labute approximate surface area is 225 Å². The van der Waals surface area contributed by atoms with E-state index in [0.717, 1.165) is 5.56 Å². The highest BCUT2D eigenvalue weighted by atomic mass is 16.6. The topological polar surface area (TPSA) is 114 Å². The molecule has 0 fully saturated rings. The van der Waals surface area contributed by atoms with Crippen LogP contribution < -0.4 is 5.32 Å². The molecule has 1 heterocycles. The summed E-state index contributed by atoms with van der Waals surface area (Å²) < 4.78 is 7.27. The van der Waals surface area contributed by atoms with Gasteiger partial charge in [0, 0.05) is 23.2 Å². The lowest BCUT2D eigenvalue weighted by atomic mass is 9.98. The Morgan fingerprint density at radius 3 is 2.26 bits per heavy atom. The number of nitrogens with zero attached hydrogens (tertiary/aromatic N) is 3. The number of carbonyl (C=O) groups excluding carboxylic acids is 3. The number of rotatable bonds is 6. The summed E-state index contributed by atoms with van der Waals surface area (Å²) in [5.41, 5.74) is 3.57. The van der Waals surface area contributed by atoms with Gasteiger partial charge >= 0.3 is 5.97 Å². The molecule has 1 aromatic heterocycles. The lowest BCUT2D eigenvalue weighted by Gasteiger charge is -2.20. The number of fused-ring (bicyclic) bond motifs is 3. The highest BCUT2D eigenvalue weighted by molar-refractivity contribution is 6.16. The Morgan fingerprint density at radius 2 is 1.62 bits per heavy atom. The second kappa shape index (κ2) is 10.0. The summed E-state index contributed by atoms with van der Waals surface area (Å²) in [6.07, 6.45) is 0.229. The van der Waals surface area contributed by atoms with E-state index in [0.29, 0.717) is 33.8 Å². The number of benzene rings is 3. The highest BCUT2D eigenvalue weighted by Crippen LogP contribution is 2.42. The van der Waals surface area contributed by atoms with Gasteiger partial charge in [0.1, 0.15) is 11.3 Å². The molecule has 194 valence electrons. The molecule has 1 atom stereocenters. The van der Waals surface area contributed by atoms with Crippen LogP contribution in [-0.2, 0) is 16.0 Å². The largest absolute Gasteiger partial charge is 0.456 e. The molecular weight excluding hydrogens is 492 g/mol. The minimum atomic E-state index is -1.61. The van der Waals surface area contributed by atoms with E-state index < -0.39 is 29.2 Å². The quantitative estimate of drug-likeness (QED) is 0.184. The Bertz CT molecular complexity index is 1630. The van der Waals surface area contributed by atoms with Crippen LogP contribution >= 0.6 is 0 Å². The van der Waals surface area contributed by atoms with Crippen LogP contribution in [0.5, 0.6) is 0 Å². The minimum absolute atomic E-state index is 0.0231. The maximum absolute atomic E-state index is 13.7. The fourth-order valence-electron chi connectivity index (χ4n) is 4.66. The number of esters is 1. The molecule has 0 bridgehead atoms. The van der Waals surface area contributed by atoms with Crippen LogP contribution in [0.4, 0.5) is 5.69 Å². The molecular formula is C31H26N4O4. The van der Waals surface area contributed by atoms with Gasteiger partial charge < -0.3 is 10.1 Å². The zero-order valence-corrected chi connectivity index (χ0v) is 21.8. The molecule has 1 amide bonds. The number of ether oxygens (including phenoxy) is 1. The zero-order chi connectivity index (χ0) is 27.7. The van der Waals surface area contributed by atoms with E-state index in [1.807, 2.05) is 42.5 Å². The molecule has 39 heavy (non-hydrogen) atoms. The molecule has 0 radical (unpaired) electrons. The van der Waals surface area contributed by atoms with E-state index in [9.17, 15) is 19.6 Å². The van der Waals surface area contributed by atoms with E-state index in [4.69, 9.17) is 4.74 Å². The number of hydrogen-bond acceptors (Lipinski definition) is 6. The molecule has 3 aromatic carbocycles. The van der Waals surface area contributed by atoms with Gasteiger partial charge in [-0.3, -0.25) is 9.59 Å². The summed E-state index contributed by atoms with van der Waals surface area (Å²) in [5, 5.41) is 17.1. The molecule has 8 nitrogen and oxygen atoms in total. The summed E-state index contributed by atoms with van der Waals surface area (Å²) >= 11 is 0. The van der Waals surface area contributed by atoms with Gasteiger partial charge in [-0.1, -0.05) is 48.5 Å². The van der Waals surface area contributed by atoms with Crippen LogP contribution in [0.2, 0.25) is 0 Å². The van der Waals surface area contributed by atoms with Crippen molar-refractivity contribution in [1.82, 2.24) is 9.78 Å². The van der Waals surface area contributed by atoms with Gasteiger partial charge in [0.15, 0.2) is 5.92 Å². The number of nitriles is 1. The van der Waals surface area contributed by atoms with Gasteiger partial charge in [0.05, 0.1) is 23.0 Å². The number of carbonyl (C=O) groups is 3. The van der Waals surface area contributed by atoms with Gasteiger partial charge in [0.2, 0.25) is 11.7 Å². The van der Waals surface area contributed by atoms with Crippen molar-refractivity contribution in [3.8, 4) is 23.0 Å². The summed E-state index contributed by atoms with van der Waals surface area (Å²) in [4.78, 5) is 39.8. The van der Waals surface area contributed by atoms with Gasteiger partial charge in [-0.25, -0.2) is 9.48 Å². The third-order valence-electron chi connectivity index (χ3n) is 6.32. The highest BCUT2D eigenvalue weighted by Gasteiger charge is 2.38. The van der Waals surface area contributed by atoms with E-state index in [2.05, 4.69) is 10.4 Å². The SMILES string of the molecule is CC(C)(C)OC(=O)c1cccc2c1Cc1c(C(=O)C(C#N)C(=O)Nc3ccccc3)nn(-c3ccccc3)c1-2. The normalized spacial score (nSPS) is 12.6. The molecule has 8 heteroatoms. The van der Waals surface area contributed by atoms with Crippen LogP contribution in [0, 0.1) is 17.2 Å². The fourth-order valence-corrected chi connectivity index (χ4v) is 4.66. The van der Waals surface area contributed by atoms with Gasteiger partial charge in [-0.15, -0.1) is 0 Å². The van der Waals surface area contributed by atoms with Gasteiger partial charge in [-0.05, 0) is 56.7 Å². The maximum atomic E-state index is 13.7. The molecule has 0 saturated carbocycles. The fraction of sp³-hybridized carbons (Fsp3) is 0.194. The third kappa shape index (κ3) is 4.94. The summed E-state index contributed by atoms with van der Waals surface area (Å²) in [7, 11) is 0. The second-order valence-electron chi connectivity index (χ2n) is 10.2. The Kier molecular flexibility index (Phi) is 6.59. The Balaban J connectivity index is 1.59. The average molecular weight is 519 g/mol. The standard InChI is InChI=1S/C31H26N4O4/c1-31(2,3)39-30(38)22-16-10-15-21-23(22)17-24-26(34-35(27(21)24)20-13-8-5-9-14-20)28(36)25(18-32)29(37)33-19-11-6-4-7-12-19/h4-16,25H,17H2,1-3H3,(H,33,37). The van der Waals surface area contributed by atoms with E-state index in [1.54, 1.807) is 67.9 Å². The van der Waals surface area contributed by atoms with Crippen molar-refractivity contribution in [3.05, 3.63) is 101 Å². The molecule has 0 aliphatic heterocycles. The predicted molar refractivity (Wildman–Crippen MR) is 145 cm³/mol. The number of hydrogen-bond donors (Lipinski definition) is 1. The van der Waals surface area contributed by atoms with E-state index in [1.165, 1.54) is 0 Å². The average Bonchev–Trinajstić information content (AvgIpc) is 3.47. The van der Waals surface area contributed by atoms with Crippen molar-refractivity contribution in [2.75, 3.05) is 5.32 Å². The van der Waals surface area contributed by atoms with Crippen molar-refractivity contribution in [2.24, 2.45) is 5.92 Å². The number of para-hydroxylation sites is 2. The Hall–Kier alpha value is -5.03. The lowest BCUT2D eigenvalue weighted by Crippen LogP contribution is -2.29. The van der Waals surface area contributed by atoms with Gasteiger partial charge in [0.25, 0.3) is 0 Å². The first-order valence-corrected chi connectivity index (χ1v) is 12.5. The summed E-state index contributed by atoms with van der Waals surface area (Å²) in [6.45, 7) is 5.40. The minimum Gasteiger partial charge on any atom is -0.456 e. The van der Waals surface area contributed by atoms with Crippen LogP contribution in [0.15, 0.2) is 78.9 Å². The number of Topliss-reactive ketones (excluding diaryl/α,β-unsaturated/α-hetero) is 1. The van der Waals surface area contributed by atoms with Crippen molar-refractivity contribution in [2.45, 2.75) is 32.8 Å². The van der Waals surface area contributed by atoms with Crippen LogP contribution in [0.1, 0.15) is 52.7 Å². The molecule has 4 aromatic rings. The Morgan fingerprint density at radius 1 is 0.949 bits per heavy atom. The van der Waals surface area contributed by atoms with Crippen molar-refractivity contribution >= 4 is 23.3 Å². The molecule has 1 unspecified atom stereocenters. The number of ketones is 1. The van der Waals surface area contributed by atoms with Crippen LogP contribution in [0.25, 0.3) is 16.9 Å².